The fourth-order valence-electron chi connectivity index (χ4n) is 2.80. The Morgan fingerprint density at radius 2 is 1.70 bits per heavy atom. The number of amides is 1. The van der Waals surface area contributed by atoms with Gasteiger partial charge in [0.25, 0.3) is 0 Å². The second-order valence-electron chi connectivity index (χ2n) is 5.96. The van der Waals surface area contributed by atoms with Gasteiger partial charge in [-0.3, -0.25) is 4.79 Å². The summed E-state index contributed by atoms with van der Waals surface area (Å²) in [7, 11) is 3.25. The molecule has 0 aliphatic rings. The van der Waals surface area contributed by atoms with Crippen LogP contribution in [0.4, 0.5) is 5.69 Å². The topological polar surface area (TPSA) is 47.6 Å². The van der Waals surface area contributed by atoms with Crippen molar-refractivity contribution < 1.29 is 14.3 Å². The van der Waals surface area contributed by atoms with Crippen LogP contribution in [0.25, 0.3) is 11.1 Å². The molecular formula is C22H20ClNO3. The molecule has 0 spiro atoms. The first-order valence-corrected chi connectivity index (χ1v) is 8.84. The second kappa shape index (κ2) is 8.60. The Labute approximate surface area is 163 Å². The molecule has 1 N–H and O–H groups in total. The highest BCUT2D eigenvalue weighted by atomic mass is 35.5. The monoisotopic (exact) mass is 381 g/mol. The third kappa shape index (κ3) is 4.60. The van der Waals surface area contributed by atoms with Gasteiger partial charge in [0, 0.05) is 16.3 Å². The van der Waals surface area contributed by atoms with Crippen molar-refractivity contribution in [3.63, 3.8) is 0 Å². The largest absolute Gasteiger partial charge is 0.497 e. The number of benzene rings is 3. The number of rotatable bonds is 6. The maximum absolute atomic E-state index is 12.4. The van der Waals surface area contributed by atoms with E-state index in [0.29, 0.717) is 10.7 Å². The number of hydrogen-bond donors (Lipinski definition) is 1. The minimum Gasteiger partial charge on any atom is -0.497 e. The molecule has 0 aliphatic heterocycles. The maximum atomic E-state index is 12.4. The summed E-state index contributed by atoms with van der Waals surface area (Å²) in [4.78, 5) is 12.4. The van der Waals surface area contributed by atoms with E-state index in [4.69, 9.17) is 21.1 Å². The molecule has 0 bridgehead atoms. The zero-order valence-electron chi connectivity index (χ0n) is 15.2. The molecule has 3 aromatic rings. The van der Waals surface area contributed by atoms with Crippen molar-refractivity contribution in [3.05, 3.63) is 77.3 Å². The molecule has 3 rings (SSSR count). The Bertz CT molecular complexity index is 939. The number of halogens is 1. The normalized spacial score (nSPS) is 10.3. The molecule has 27 heavy (non-hydrogen) atoms. The smallest absolute Gasteiger partial charge is 0.228 e. The first-order valence-electron chi connectivity index (χ1n) is 8.46. The zero-order valence-corrected chi connectivity index (χ0v) is 15.9. The van der Waals surface area contributed by atoms with Crippen LogP contribution in [0, 0.1) is 0 Å². The molecule has 0 atom stereocenters. The lowest BCUT2D eigenvalue weighted by Crippen LogP contribution is -2.14. The van der Waals surface area contributed by atoms with Crippen molar-refractivity contribution in [2.45, 2.75) is 6.42 Å². The predicted molar refractivity (Wildman–Crippen MR) is 109 cm³/mol. The molecule has 0 saturated heterocycles. The van der Waals surface area contributed by atoms with Crippen LogP contribution < -0.4 is 14.8 Å². The van der Waals surface area contributed by atoms with E-state index >= 15 is 0 Å². The van der Waals surface area contributed by atoms with Gasteiger partial charge in [0.15, 0.2) is 0 Å². The Hall–Kier alpha value is -2.98. The quantitative estimate of drug-likeness (QED) is 0.638. The van der Waals surface area contributed by atoms with Crippen LogP contribution in [0.15, 0.2) is 66.7 Å². The molecule has 1 amide bonds. The van der Waals surface area contributed by atoms with E-state index in [-0.39, 0.29) is 12.3 Å². The van der Waals surface area contributed by atoms with Gasteiger partial charge >= 0.3 is 0 Å². The van der Waals surface area contributed by atoms with Gasteiger partial charge in [0.2, 0.25) is 5.91 Å². The molecule has 0 radical (unpaired) electrons. The first kappa shape index (κ1) is 18.8. The fraction of sp³-hybridized carbons (Fsp3) is 0.136. The summed E-state index contributed by atoms with van der Waals surface area (Å²) >= 11 is 6.13. The van der Waals surface area contributed by atoms with Crippen molar-refractivity contribution >= 4 is 23.2 Å². The molecule has 0 saturated carbocycles. The molecular weight excluding hydrogens is 362 g/mol. The average molecular weight is 382 g/mol. The van der Waals surface area contributed by atoms with Gasteiger partial charge in [-0.1, -0.05) is 41.9 Å². The molecule has 0 fully saturated rings. The Kier molecular flexibility index (Phi) is 5.99. The molecule has 138 valence electrons. The molecule has 0 heterocycles. The SMILES string of the molecule is COc1ccc(-c2cc(NC(=O)Cc3ccccc3Cl)ccc2OC)cc1. The fourth-order valence-corrected chi connectivity index (χ4v) is 3.00. The molecule has 5 heteroatoms. The van der Waals surface area contributed by atoms with E-state index in [9.17, 15) is 4.79 Å². The van der Waals surface area contributed by atoms with E-state index in [1.807, 2.05) is 60.7 Å². The first-order chi connectivity index (χ1) is 13.1. The van der Waals surface area contributed by atoms with Gasteiger partial charge in [-0.15, -0.1) is 0 Å². The molecule has 3 aromatic carbocycles. The van der Waals surface area contributed by atoms with Crippen molar-refractivity contribution in [3.8, 4) is 22.6 Å². The molecule has 0 aromatic heterocycles. The summed E-state index contributed by atoms with van der Waals surface area (Å²) in [6.45, 7) is 0. The Balaban J connectivity index is 1.82. The van der Waals surface area contributed by atoms with Crippen molar-refractivity contribution in [1.29, 1.82) is 0 Å². The number of methoxy groups -OCH3 is 2. The van der Waals surface area contributed by atoms with Gasteiger partial charge in [-0.25, -0.2) is 0 Å². The molecule has 0 aliphatic carbocycles. The second-order valence-corrected chi connectivity index (χ2v) is 6.37. The highest BCUT2D eigenvalue weighted by molar-refractivity contribution is 6.31. The van der Waals surface area contributed by atoms with E-state index in [1.54, 1.807) is 20.3 Å². The summed E-state index contributed by atoms with van der Waals surface area (Å²) in [5, 5.41) is 3.51. The van der Waals surface area contributed by atoms with Crippen LogP contribution in [-0.4, -0.2) is 20.1 Å². The number of ether oxygens (including phenoxy) is 2. The van der Waals surface area contributed by atoms with Crippen LogP contribution >= 0.6 is 11.6 Å². The zero-order chi connectivity index (χ0) is 19.2. The van der Waals surface area contributed by atoms with Crippen LogP contribution in [0.5, 0.6) is 11.5 Å². The molecule has 4 nitrogen and oxygen atoms in total. The number of nitrogens with one attached hydrogen (secondary N) is 1. The highest BCUT2D eigenvalue weighted by Gasteiger charge is 2.11. The number of carbonyl (C=O) groups is 1. The highest BCUT2D eigenvalue weighted by Crippen LogP contribution is 2.33. The van der Waals surface area contributed by atoms with Gasteiger partial charge in [-0.2, -0.15) is 0 Å². The summed E-state index contributed by atoms with van der Waals surface area (Å²) < 4.78 is 10.7. The Morgan fingerprint density at radius 1 is 0.963 bits per heavy atom. The van der Waals surface area contributed by atoms with E-state index < -0.39 is 0 Å². The van der Waals surface area contributed by atoms with E-state index in [2.05, 4.69) is 5.32 Å². The number of hydrogen-bond acceptors (Lipinski definition) is 3. The third-order valence-electron chi connectivity index (χ3n) is 4.19. The lowest BCUT2D eigenvalue weighted by molar-refractivity contribution is -0.115. The summed E-state index contributed by atoms with van der Waals surface area (Å²) in [6, 6.07) is 20.6. The van der Waals surface area contributed by atoms with Gasteiger partial charge in [0.05, 0.1) is 20.6 Å². The number of carbonyl (C=O) groups excluding carboxylic acids is 1. The number of anilines is 1. The molecule has 0 unspecified atom stereocenters. The van der Waals surface area contributed by atoms with Crippen LogP contribution in [0.3, 0.4) is 0 Å². The van der Waals surface area contributed by atoms with Gasteiger partial charge in [-0.05, 0) is 47.5 Å². The standard InChI is InChI=1S/C22H20ClNO3/c1-26-18-10-7-15(8-11-18)19-14-17(9-12-21(19)27-2)24-22(25)13-16-5-3-4-6-20(16)23/h3-12,14H,13H2,1-2H3,(H,24,25). The summed E-state index contributed by atoms with van der Waals surface area (Å²) in [6.07, 6.45) is 0.212. The lowest BCUT2D eigenvalue weighted by Gasteiger charge is -2.13. The van der Waals surface area contributed by atoms with Crippen molar-refractivity contribution in [2.24, 2.45) is 0 Å². The summed E-state index contributed by atoms with van der Waals surface area (Å²) in [5.74, 6) is 1.38. The van der Waals surface area contributed by atoms with Crippen LogP contribution in [0.1, 0.15) is 5.56 Å². The summed E-state index contributed by atoms with van der Waals surface area (Å²) in [5.41, 5.74) is 3.34. The van der Waals surface area contributed by atoms with Crippen LogP contribution in [-0.2, 0) is 11.2 Å². The van der Waals surface area contributed by atoms with E-state index in [0.717, 1.165) is 28.2 Å². The van der Waals surface area contributed by atoms with Gasteiger partial charge < -0.3 is 14.8 Å². The predicted octanol–water partition coefficient (Wildman–Crippen LogP) is 5.21. The van der Waals surface area contributed by atoms with Crippen molar-refractivity contribution in [2.75, 3.05) is 19.5 Å². The average Bonchev–Trinajstić information content (AvgIpc) is 2.70. The maximum Gasteiger partial charge on any atom is 0.228 e. The van der Waals surface area contributed by atoms with Crippen LogP contribution in [0.2, 0.25) is 5.02 Å². The van der Waals surface area contributed by atoms with Crippen molar-refractivity contribution in [1.82, 2.24) is 0 Å². The minimum atomic E-state index is -0.131. The van der Waals surface area contributed by atoms with E-state index in [1.165, 1.54) is 0 Å². The third-order valence-corrected chi connectivity index (χ3v) is 4.56. The van der Waals surface area contributed by atoms with Gasteiger partial charge in [0.1, 0.15) is 11.5 Å². The lowest BCUT2D eigenvalue weighted by atomic mass is 10.0. The minimum absolute atomic E-state index is 0.131. The Morgan fingerprint density at radius 3 is 2.37 bits per heavy atom.